The van der Waals surface area contributed by atoms with Crippen LogP contribution in [-0.2, 0) is 0 Å². The van der Waals surface area contributed by atoms with E-state index in [0.29, 0.717) is 17.5 Å². The van der Waals surface area contributed by atoms with E-state index in [4.69, 9.17) is 0 Å². The third-order valence-electron chi connectivity index (χ3n) is 4.69. The number of fused-ring (bicyclic) bond motifs is 2. The van der Waals surface area contributed by atoms with Gasteiger partial charge in [0, 0.05) is 25.0 Å². The first-order chi connectivity index (χ1) is 9.78. The third-order valence-corrected chi connectivity index (χ3v) is 4.69. The van der Waals surface area contributed by atoms with Crippen molar-refractivity contribution >= 4 is 11.6 Å². The molecule has 3 unspecified atom stereocenters. The fourth-order valence-corrected chi connectivity index (χ4v) is 3.66. The zero-order chi connectivity index (χ0) is 13.9. The SMILES string of the molecule is CCCNc1ccncc1C(=O)NC1CC2CCC1C2. The van der Waals surface area contributed by atoms with Crippen molar-refractivity contribution in [3.8, 4) is 0 Å². The van der Waals surface area contributed by atoms with Gasteiger partial charge in [0.25, 0.3) is 5.91 Å². The molecule has 1 amide bonds. The van der Waals surface area contributed by atoms with Gasteiger partial charge in [0.15, 0.2) is 0 Å². The van der Waals surface area contributed by atoms with Gasteiger partial charge in [-0.2, -0.15) is 0 Å². The number of amides is 1. The van der Waals surface area contributed by atoms with E-state index in [1.807, 2.05) is 6.07 Å². The summed E-state index contributed by atoms with van der Waals surface area (Å²) in [6, 6.07) is 2.26. The maximum Gasteiger partial charge on any atom is 0.255 e. The van der Waals surface area contributed by atoms with Crippen LogP contribution < -0.4 is 10.6 Å². The van der Waals surface area contributed by atoms with Crippen molar-refractivity contribution in [1.82, 2.24) is 10.3 Å². The molecule has 3 atom stereocenters. The predicted octanol–water partition coefficient (Wildman–Crippen LogP) is 2.82. The number of hydrogen-bond acceptors (Lipinski definition) is 3. The van der Waals surface area contributed by atoms with Gasteiger partial charge < -0.3 is 10.6 Å². The molecule has 4 heteroatoms. The highest BCUT2D eigenvalue weighted by Gasteiger charge is 2.40. The first-order valence-corrected chi connectivity index (χ1v) is 7.76. The van der Waals surface area contributed by atoms with Gasteiger partial charge in [-0.05, 0) is 43.6 Å². The summed E-state index contributed by atoms with van der Waals surface area (Å²) < 4.78 is 0. The summed E-state index contributed by atoms with van der Waals surface area (Å²) in [5.74, 6) is 1.57. The molecule has 0 spiro atoms. The van der Waals surface area contributed by atoms with Crippen LogP contribution in [0.3, 0.4) is 0 Å². The van der Waals surface area contributed by atoms with Crippen LogP contribution in [0.5, 0.6) is 0 Å². The monoisotopic (exact) mass is 273 g/mol. The molecule has 2 aliphatic carbocycles. The Balaban J connectivity index is 1.67. The highest BCUT2D eigenvalue weighted by molar-refractivity contribution is 5.99. The van der Waals surface area contributed by atoms with Crippen molar-refractivity contribution in [3.63, 3.8) is 0 Å². The summed E-state index contributed by atoms with van der Waals surface area (Å²) in [6.07, 6.45) is 9.53. The minimum absolute atomic E-state index is 0.0225. The van der Waals surface area contributed by atoms with E-state index in [1.54, 1.807) is 12.4 Å². The zero-order valence-corrected chi connectivity index (χ0v) is 12.1. The Morgan fingerprint density at radius 2 is 2.30 bits per heavy atom. The van der Waals surface area contributed by atoms with Crippen molar-refractivity contribution in [1.29, 1.82) is 0 Å². The van der Waals surface area contributed by atoms with E-state index in [9.17, 15) is 4.79 Å². The number of nitrogens with zero attached hydrogens (tertiary/aromatic N) is 1. The minimum atomic E-state index is 0.0225. The predicted molar refractivity (Wildman–Crippen MR) is 79.7 cm³/mol. The maximum absolute atomic E-state index is 12.5. The van der Waals surface area contributed by atoms with Gasteiger partial charge in [-0.25, -0.2) is 0 Å². The van der Waals surface area contributed by atoms with Crippen molar-refractivity contribution in [2.24, 2.45) is 11.8 Å². The molecule has 2 N–H and O–H groups in total. The van der Waals surface area contributed by atoms with Crippen LogP contribution in [0.25, 0.3) is 0 Å². The topological polar surface area (TPSA) is 54.0 Å². The van der Waals surface area contributed by atoms with Crippen molar-refractivity contribution in [3.05, 3.63) is 24.0 Å². The number of aromatic nitrogens is 1. The van der Waals surface area contributed by atoms with Gasteiger partial charge >= 0.3 is 0 Å². The van der Waals surface area contributed by atoms with Crippen molar-refractivity contribution in [2.45, 2.75) is 45.1 Å². The Hall–Kier alpha value is -1.58. The Morgan fingerprint density at radius 3 is 3.00 bits per heavy atom. The summed E-state index contributed by atoms with van der Waals surface area (Å²) in [5, 5.41) is 6.53. The number of pyridine rings is 1. The van der Waals surface area contributed by atoms with Crippen LogP contribution >= 0.6 is 0 Å². The fraction of sp³-hybridized carbons (Fsp3) is 0.625. The molecule has 4 nitrogen and oxygen atoms in total. The molecule has 2 aliphatic rings. The first-order valence-electron chi connectivity index (χ1n) is 7.76. The number of carbonyl (C=O) groups is 1. The molecule has 0 aliphatic heterocycles. The number of nitrogens with one attached hydrogen (secondary N) is 2. The molecule has 108 valence electrons. The maximum atomic E-state index is 12.5. The lowest BCUT2D eigenvalue weighted by atomic mass is 9.95. The second kappa shape index (κ2) is 5.81. The van der Waals surface area contributed by atoms with E-state index >= 15 is 0 Å². The summed E-state index contributed by atoms with van der Waals surface area (Å²) in [7, 11) is 0. The van der Waals surface area contributed by atoms with Gasteiger partial charge in [0.2, 0.25) is 0 Å². The molecule has 2 fully saturated rings. The lowest BCUT2D eigenvalue weighted by Crippen LogP contribution is -2.38. The molecule has 3 rings (SSSR count). The van der Waals surface area contributed by atoms with Crippen LogP contribution in [0, 0.1) is 11.8 Å². The van der Waals surface area contributed by atoms with Gasteiger partial charge in [-0.15, -0.1) is 0 Å². The van der Waals surface area contributed by atoms with E-state index in [-0.39, 0.29) is 5.91 Å². The molecular formula is C16H23N3O. The molecule has 20 heavy (non-hydrogen) atoms. The smallest absolute Gasteiger partial charge is 0.255 e. The van der Waals surface area contributed by atoms with Crippen molar-refractivity contribution in [2.75, 3.05) is 11.9 Å². The Kier molecular flexibility index (Phi) is 3.90. The second-order valence-corrected chi connectivity index (χ2v) is 6.10. The largest absolute Gasteiger partial charge is 0.384 e. The zero-order valence-electron chi connectivity index (χ0n) is 12.1. The highest BCUT2D eigenvalue weighted by Crippen LogP contribution is 2.44. The molecule has 1 heterocycles. The number of carbonyl (C=O) groups excluding carboxylic acids is 1. The molecular weight excluding hydrogens is 250 g/mol. The second-order valence-electron chi connectivity index (χ2n) is 6.10. The Bertz CT molecular complexity index is 488. The first kappa shape index (κ1) is 13.4. The molecule has 0 radical (unpaired) electrons. The van der Waals surface area contributed by atoms with Crippen LogP contribution in [0.4, 0.5) is 5.69 Å². The third kappa shape index (κ3) is 2.65. The Morgan fingerprint density at radius 1 is 1.40 bits per heavy atom. The summed E-state index contributed by atoms with van der Waals surface area (Å²) >= 11 is 0. The van der Waals surface area contributed by atoms with E-state index < -0.39 is 0 Å². The molecule has 0 saturated heterocycles. The lowest BCUT2D eigenvalue weighted by Gasteiger charge is -2.23. The normalized spacial score (nSPS) is 27.6. The summed E-state index contributed by atoms with van der Waals surface area (Å²) in [5.41, 5.74) is 1.56. The number of rotatable bonds is 5. The number of anilines is 1. The van der Waals surface area contributed by atoms with Crippen LogP contribution in [0.2, 0.25) is 0 Å². The average molecular weight is 273 g/mol. The van der Waals surface area contributed by atoms with Crippen LogP contribution in [0.15, 0.2) is 18.5 Å². The van der Waals surface area contributed by atoms with Crippen LogP contribution in [0.1, 0.15) is 49.4 Å². The van der Waals surface area contributed by atoms with E-state index in [2.05, 4.69) is 22.5 Å². The van der Waals surface area contributed by atoms with Crippen molar-refractivity contribution < 1.29 is 4.79 Å². The fourth-order valence-electron chi connectivity index (χ4n) is 3.66. The van der Waals surface area contributed by atoms with Crippen LogP contribution in [-0.4, -0.2) is 23.5 Å². The molecule has 2 saturated carbocycles. The van der Waals surface area contributed by atoms with Gasteiger partial charge in [-0.3, -0.25) is 9.78 Å². The summed E-state index contributed by atoms with van der Waals surface area (Å²) in [6.45, 7) is 2.99. The van der Waals surface area contributed by atoms with E-state index in [0.717, 1.165) is 31.0 Å². The van der Waals surface area contributed by atoms with Gasteiger partial charge in [0.1, 0.15) is 0 Å². The average Bonchev–Trinajstić information content (AvgIpc) is 3.08. The number of hydrogen-bond donors (Lipinski definition) is 2. The van der Waals surface area contributed by atoms with Gasteiger partial charge in [-0.1, -0.05) is 13.3 Å². The Labute approximate surface area is 120 Å². The molecule has 1 aromatic rings. The molecule has 0 aromatic carbocycles. The van der Waals surface area contributed by atoms with E-state index in [1.165, 1.54) is 19.3 Å². The minimum Gasteiger partial charge on any atom is -0.384 e. The standard InChI is InChI=1S/C16H23N3O/c1-2-6-18-14-5-7-17-10-13(14)16(20)19-15-9-11-3-4-12(15)8-11/h5,7,10-12,15H,2-4,6,8-9H2,1H3,(H,17,18)(H,19,20). The highest BCUT2D eigenvalue weighted by atomic mass is 16.1. The quantitative estimate of drug-likeness (QED) is 0.867. The lowest BCUT2D eigenvalue weighted by molar-refractivity contribution is 0.0923. The van der Waals surface area contributed by atoms with Gasteiger partial charge in [0.05, 0.1) is 11.3 Å². The summed E-state index contributed by atoms with van der Waals surface area (Å²) in [4.78, 5) is 16.6. The molecule has 2 bridgehead atoms. The molecule has 1 aromatic heterocycles.